The van der Waals surface area contributed by atoms with E-state index in [0.29, 0.717) is 53.3 Å². The van der Waals surface area contributed by atoms with Gasteiger partial charge in [0.05, 0.1) is 11.4 Å². The van der Waals surface area contributed by atoms with E-state index in [0.717, 1.165) is 0 Å². The molecule has 1 amide bonds. The Morgan fingerprint density at radius 2 is 1.94 bits per heavy atom. The molecule has 2 aromatic carbocycles. The van der Waals surface area contributed by atoms with E-state index in [-0.39, 0.29) is 17.3 Å². The van der Waals surface area contributed by atoms with Crippen LogP contribution < -0.4 is 10.2 Å². The minimum Gasteiger partial charge on any atom is -0.423 e. The van der Waals surface area contributed by atoms with Crippen LogP contribution in [0.2, 0.25) is 0 Å². The molecule has 0 radical (unpaired) electrons. The molecule has 0 bridgehead atoms. The summed E-state index contributed by atoms with van der Waals surface area (Å²) in [5.41, 5.74) is 1.53. The summed E-state index contributed by atoms with van der Waals surface area (Å²) in [5, 5.41) is 2.61. The number of piperazine rings is 1. The summed E-state index contributed by atoms with van der Waals surface area (Å²) in [7, 11) is -3.60. The van der Waals surface area contributed by atoms with Crippen molar-refractivity contribution >= 4 is 49.0 Å². The third kappa shape index (κ3) is 4.30. The summed E-state index contributed by atoms with van der Waals surface area (Å²) < 4.78 is 33.7. The van der Waals surface area contributed by atoms with Crippen LogP contribution in [-0.4, -0.2) is 56.3 Å². The van der Waals surface area contributed by atoms with Gasteiger partial charge in [-0.3, -0.25) is 4.79 Å². The molecule has 8 nitrogen and oxygen atoms in total. The van der Waals surface area contributed by atoms with Gasteiger partial charge in [0.25, 0.3) is 11.9 Å². The van der Waals surface area contributed by atoms with Crippen LogP contribution in [0.5, 0.6) is 0 Å². The van der Waals surface area contributed by atoms with Crippen LogP contribution in [0.15, 0.2) is 56.2 Å². The van der Waals surface area contributed by atoms with Gasteiger partial charge in [-0.15, -0.1) is 6.42 Å². The number of terminal acetylenes is 1. The molecule has 160 valence electrons. The molecule has 3 aromatic rings. The Balaban J connectivity index is 1.48. The number of hydrogen-bond acceptors (Lipinski definition) is 6. The lowest BCUT2D eigenvalue weighted by Crippen LogP contribution is -2.48. The number of anilines is 1. The molecule has 10 heteroatoms. The highest BCUT2D eigenvalue weighted by Gasteiger charge is 2.31. The Morgan fingerprint density at radius 1 is 1.19 bits per heavy atom. The van der Waals surface area contributed by atoms with Crippen LogP contribution in [0.4, 0.5) is 6.01 Å². The van der Waals surface area contributed by atoms with Crippen molar-refractivity contribution in [1.82, 2.24) is 14.6 Å². The van der Waals surface area contributed by atoms with Gasteiger partial charge in [0.2, 0.25) is 10.0 Å². The van der Waals surface area contributed by atoms with Crippen molar-refractivity contribution in [2.75, 3.05) is 37.6 Å². The van der Waals surface area contributed by atoms with Crippen LogP contribution in [-0.2, 0) is 10.0 Å². The fourth-order valence-electron chi connectivity index (χ4n) is 3.34. The van der Waals surface area contributed by atoms with E-state index in [1.807, 2.05) is 4.90 Å². The number of nitrogens with zero attached hydrogens (tertiary/aromatic N) is 3. The van der Waals surface area contributed by atoms with Crippen molar-refractivity contribution in [2.24, 2.45) is 0 Å². The fourth-order valence-corrected chi connectivity index (χ4v) is 5.72. The Hall–Kier alpha value is -2.87. The normalized spacial score (nSPS) is 15.0. The second kappa shape index (κ2) is 8.70. The minimum absolute atomic E-state index is 0.147. The van der Waals surface area contributed by atoms with Gasteiger partial charge in [0, 0.05) is 36.2 Å². The number of oxazole rings is 1. The van der Waals surface area contributed by atoms with Crippen molar-refractivity contribution < 1.29 is 17.6 Å². The molecule has 4 rings (SSSR count). The van der Waals surface area contributed by atoms with E-state index < -0.39 is 10.0 Å². The first kappa shape index (κ1) is 21.4. The quantitative estimate of drug-likeness (QED) is 0.538. The second-order valence-corrected chi connectivity index (χ2v) is 9.65. The highest BCUT2D eigenvalue weighted by atomic mass is 79.9. The standard InChI is InChI=1S/C21H19BrN4O4S/c1-2-9-23-20(27)15-7-8-18-17(14-15)24-21(30-18)25-10-12-26(13-11-25)31(28,29)19-6-4-3-5-16(19)22/h1,3-8,14H,9-13H2,(H,23,27). The number of carbonyl (C=O) groups excluding carboxylic acids is 1. The molecular formula is C21H19BrN4O4S. The van der Waals surface area contributed by atoms with E-state index in [1.54, 1.807) is 42.5 Å². The first-order valence-electron chi connectivity index (χ1n) is 9.52. The Morgan fingerprint density at radius 3 is 2.65 bits per heavy atom. The summed E-state index contributed by atoms with van der Waals surface area (Å²) >= 11 is 3.32. The summed E-state index contributed by atoms with van der Waals surface area (Å²) in [5.74, 6) is 2.08. The zero-order valence-electron chi connectivity index (χ0n) is 16.4. The lowest BCUT2D eigenvalue weighted by molar-refractivity contribution is 0.0959. The summed E-state index contributed by atoms with van der Waals surface area (Å²) in [6, 6.07) is 12.1. The Bertz CT molecular complexity index is 1270. The first-order chi connectivity index (χ1) is 14.9. The smallest absolute Gasteiger partial charge is 0.298 e. The predicted molar refractivity (Wildman–Crippen MR) is 120 cm³/mol. The molecule has 0 spiro atoms. The molecule has 1 N–H and O–H groups in total. The van der Waals surface area contributed by atoms with Crippen LogP contribution in [0, 0.1) is 12.3 Å². The predicted octanol–water partition coefficient (Wildman–Crippen LogP) is 2.46. The van der Waals surface area contributed by atoms with Gasteiger partial charge in [0.15, 0.2) is 5.58 Å². The lowest BCUT2D eigenvalue weighted by atomic mass is 10.2. The topological polar surface area (TPSA) is 95.8 Å². The third-order valence-corrected chi connectivity index (χ3v) is 7.86. The highest BCUT2D eigenvalue weighted by molar-refractivity contribution is 9.10. The average Bonchev–Trinajstić information content (AvgIpc) is 3.21. The molecule has 1 saturated heterocycles. The van der Waals surface area contributed by atoms with Crippen molar-refractivity contribution in [1.29, 1.82) is 0 Å². The molecule has 0 aliphatic carbocycles. The third-order valence-electron chi connectivity index (χ3n) is 4.95. The summed E-state index contributed by atoms with van der Waals surface area (Å²) in [4.78, 5) is 18.7. The van der Waals surface area contributed by atoms with Crippen LogP contribution in [0.1, 0.15) is 10.4 Å². The molecule has 31 heavy (non-hydrogen) atoms. The molecular weight excluding hydrogens is 484 g/mol. The summed E-state index contributed by atoms with van der Waals surface area (Å²) in [6.45, 7) is 1.63. The van der Waals surface area contributed by atoms with E-state index in [4.69, 9.17) is 10.8 Å². The van der Waals surface area contributed by atoms with Crippen LogP contribution >= 0.6 is 15.9 Å². The van der Waals surface area contributed by atoms with Gasteiger partial charge in [-0.25, -0.2) is 8.42 Å². The summed E-state index contributed by atoms with van der Waals surface area (Å²) in [6.07, 6.45) is 5.17. The van der Waals surface area contributed by atoms with Crippen molar-refractivity contribution in [2.45, 2.75) is 4.90 Å². The number of rotatable bonds is 5. The number of halogens is 1. The van der Waals surface area contributed by atoms with E-state index in [9.17, 15) is 13.2 Å². The number of aromatic nitrogens is 1. The lowest BCUT2D eigenvalue weighted by Gasteiger charge is -2.33. The number of nitrogens with one attached hydrogen (secondary N) is 1. The Labute approximate surface area is 188 Å². The van der Waals surface area contributed by atoms with Crippen LogP contribution in [0.25, 0.3) is 11.1 Å². The molecule has 1 aliphatic rings. The fraction of sp³-hybridized carbons (Fsp3) is 0.238. The van der Waals surface area contributed by atoms with Gasteiger partial charge < -0.3 is 14.6 Å². The van der Waals surface area contributed by atoms with Gasteiger partial charge in [-0.1, -0.05) is 18.1 Å². The van der Waals surface area contributed by atoms with Gasteiger partial charge >= 0.3 is 0 Å². The number of benzene rings is 2. The molecule has 1 aliphatic heterocycles. The monoisotopic (exact) mass is 502 g/mol. The first-order valence-corrected chi connectivity index (χ1v) is 11.8. The number of fused-ring (bicyclic) bond motifs is 1. The van der Waals surface area contributed by atoms with Gasteiger partial charge in [-0.05, 0) is 46.3 Å². The largest absolute Gasteiger partial charge is 0.423 e. The van der Waals surface area contributed by atoms with E-state index in [1.165, 1.54) is 4.31 Å². The number of sulfonamides is 1. The molecule has 2 heterocycles. The van der Waals surface area contributed by atoms with Crippen molar-refractivity contribution in [3.8, 4) is 12.3 Å². The average molecular weight is 503 g/mol. The number of hydrogen-bond donors (Lipinski definition) is 1. The van der Waals surface area contributed by atoms with Gasteiger partial charge in [0.1, 0.15) is 5.52 Å². The molecule has 1 fully saturated rings. The van der Waals surface area contributed by atoms with Gasteiger partial charge in [-0.2, -0.15) is 9.29 Å². The highest BCUT2D eigenvalue weighted by Crippen LogP contribution is 2.28. The van der Waals surface area contributed by atoms with E-state index >= 15 is 0 Å². The zero-order chi connectivity index (χ0) is 22.0. The van der Waals surface area contributed by atoms with Crippen LogP contribution in [0.3, 0.4) is 0 Å². The number of carbonyl (C=O) groups is 1. The maximum atomic E-state index is 13.0. The van der Waals surface area contributed by atoms with Crippen molar-refractivity contribution in [3.05, 3.63) is 52.5 Å². The molecule has 1 aromatic heterocycles. The van der Waals surface area contributed by atoms with E-state index in [2.05, 4.69) is 32.2 Å². The molecule has 0 unspecified atom stereocenters. The maximum absolute atomic E-state index is 13.0. The molecule has 0 saturated carbocycles. The maximum Gasteiger partial charge on any atom is 0.298 e. The zero-order valence-corrected chi connectivity index (χ0v) is 18.8. The van der Waals surface area contributed by atoms with Crippen molar-refractivity contribution in [3.63, 3.8) is 0 Å². The second-order valence-electron chi connectivity index (χ2n) is 6.89. The molecule has 0 atom stereocenters. The number of amides is 1. The Kier molecular flexibility index (Phi) is 6.00. The minimum atomic E-state index is -3.60. The SMILES string of the molecule is C#CCNC(=O)c1ccc2oc(N3CCN(S(=O)(=O)c4ccccc4Br)CC3)nc2c1.